The summed E-state index contributed by atoms with van der Waals surface area (Å²) >= 11 is 1.60. The van der Waals surface area contributed by atoms with Gasteiger partial charge in [-0.2, -0.15) is 0 Å². The van der Waals surface area contributed by atoms with Gasteiger partial charge in [-0.15, -0.1) is 11.8 Å². The van der Waals surface area contributed by atoms with Gasteiger partial charge in [0.1, 0.15) is 12.4 Å². The maximum atomic E-state index is 12.7. The first-order chi connectivity index (χ1) is 16.5. The van der Waals surface area contributed by atoms with Gasteiger partial charge < -0.3 is 19.3 Å². The van der Waals surface area contributed by atoms with Crippen LogP contribution >= 0.6 is 11.8 Å². The van der Waals surface area contributed by atoms with Crippen LogP contribution in [0, 0.1) is 0 Å². The number of benzene rings is 2. The molecule has 4 N–H and O–H groups in total. The lowest BCUT2D eigenvalue weighted by atomic mass is 10.00. The Bertz CT molecular complexity index is 920. The molecule has 2 aromatic carbocycles. The van der Waals surface area contributed by atoms with Gasteiger partial charge in [-0.25, -0.2) is 10.3 Å². The highest BCUT2D eigenvalue weighted by atomic mass is 32.2. The second kappa shape index (κ2) is 15.0. The Hall–Kier alpha value is -3.05. The fourth-order valence-electron chi connectivity index (χ4n) is 3.09. The summed E-state index contributed by atoms with van der Waals surface area (Å²) in [5.74, 6) is -0.0612. The third-order valence-corrected chi connectivity index (χ3v) is 5.52. The van der Waals surface area contributed by atoms with E-state index in [1.165, 1.54) is 18.7 Å². The van der Waals surface area contributed by atoms with Gasteiger partial charge >= 0.3 is 6.09 Å². The van der Waals surface area contributed by atoms with Crippen LogP contribution < -0.4 is 15.5 Å². The van der Waals surface area contributed by atoms with Crippen molar-refractivity contribution in [2.45, 2.75) is 29.9 Å². The van der Waals surface area contributed by atoms with E-state index in [0.29, 0.717) is 29.8 Å². The van der Waals surface area contributed by atoms with Crippen LogP contribution in [0.2, 0.25) is 0 Å². The molecule has 0 bridgehead atoms. The molecule has 184 valence electrons. The number of carbonyl (C=O) groups excluding carboxylic acids is 2. The van der Waals surface area contributed by atoms with Crippen molar-refractivity contribution >= 4 is 29.4 Å². The van der Waals surface area contributed by atoms with Crippen molar-refractivity contribution in [2.24, 2.45) is 0 Å². The number of anilines is 1. The average molecular weight is 491 g/mol. The number of allylic oxidation sites excluding steroid dienone is 1. The normalized spacial score (nSPS) is 12.7. The largest absolute Gasteiger partial charge is 0.491 e. The molecule has 0 aromatic heterocycles. The van der Waals surface area contributed by atoms with E-state index in [9.17, 15) is 9.59 Å². The molecule has 0 heterocycles. The third-order valence-electron chi connectivity index (χ3n) is 4.78. The molecule has 2 aromatic rings. The fraction of sp³-hybridized carbons (Fsp3) is 0.333. The summed E-state index contributed by atoms with van der Waals surface area (Å²) in [5, 5.41) is 20.2. The molecule has 0 radical (unpaired) electrons. The minimum atomic E-state index is -0.748. The Labute approximate surface area is 203 Å². The molecule has 0 aliphatic carbocycles. The topological polar surface area (TPSA) is 126 Å². The van der Waals surface area contributed by atoms with Gasteiger partial charge in [0, 0.05) is 23.8 Å². The number of amides is 2. The molecule has 0 spiro atoms. The van der Waals surface area contributed by atoms with Crippen molar-refractivity contribution in [3.05, 3.63) is 66.2 Å². The van der Waals surface area contributed by atoms with Gasteiger partial charge in [0.15, 0.2) is 6.10 Å². The number of ether oxygens (including phenoxy) is 3. The number of hydrogen-bond donors (Lipinski definition) is 4. The van der Waals surface area contributed by atoms with Crippen molar-refractivity contribution in [1.82, 2.24) is 5.48 Å². The van der Waals surface area contributed by atoms with E-state index in [-0.39, 0.29) is 13.2 Å². The number of hydrogen-bond acceptors (Lipinski definition) is 8. The number of aliphatic hydroxyl groups excluding tert-OH is 1. The number of nitrogens with one attached hydrogen (secondary N) is 2. The molecule has 34 heavy (non-hydrogen) atoms. The highest BCUT2D eigenvalue weighted by Crippen LogP contribution is 2.29. The van der Waals surface area contributed by atoms with Crippen molar-refractivity contribution in [1.29, 1.82) is 0 Å². The summed E-state index contributed by atoms with van der Waals surface area (Å²) in [6, 6.07) is 14.3. The molecule has 9 nitrogen and oxygen atoms in total. The lowest BCUT2D eigenvalue weighted by Gasteiger charge is -2.26. The van der Waals surface area contributed by atoms with Crippen LogP contribution in [-0.4, -0.2) is 55.0 Å². The van der Waals surface area contributed by atoms with Gasteiger partial charge in [-0.05, 0) is 61.1 Å². The first-order valence-electron chi connectivity index (χ1n) is 10.6. The monoisotopic (exact) mass is 490 g/mol. The smallest absolute Gasteiger partial charge is 0.412 e. The van der Waals surface area contributed by atoms with E-state index >= 15 is 0 Å². The van der Waals surface area contributed by atoms with Crippen LogP contribution in [0.1, 0.15) is 24.5 Å². The number of thioether (sulfide) groups is 1. The summed E-state index contributed by atoms with van der Waals surface area (Å²) in [6.45, 7) is 0.0740. The van der Waals surface area contributed by atoms with Crippen LogP contribution in [0.5, 0.6) is 5.75 Å². The second-order valence-electron chi connectivity index (χ2n) is 7.05. The molecule has 0 aliphatic rings. The van der Waals surface area contributed by atoms with Crippen LogP contribution in [0.15, 0.2) is 65.6 Å². The summed E-state index contributed by atoms with van der Waals surface area (Å²) in [6.07, 6.45) is 3.75. The quantitative estimate of drug-likeness (QED) is 0.144. The highest BCUT2D eigenvalue weighted by molar-refractivity contribution is 7.98. The number of aliphatic hydroxyl groups is 1. The lowest BCUT2D eigenvalue weighted by Crippen LogP contribution is -2.28. The van der Waals surface area contributed by atoms with Crippen LogP contribution in [-0.2, 0) is 14.3 Å². The van der Waals surface area contributed by atoms with Gasteiger partial charge in [-0.1, -0.05) is 18.2 Å². The molecule has 10 heteroatoms. The van der Waals surface area contributed by atoms with E-state index in [0.717, 1.165) is 4.90 Å². The minimum absolute atomic E-state index is 0.0981. The number of methoxy groups -OCH3 is 1. The van der Waals surface area contributed by atoms with E-state index in [4.69, 9.17) is 24.5 Å². The first kappa shape index (κ1) is 27.2. The molecule has 0 saturated heterocycles. The fourth-order valence-corrected chi connectivity index (χ4v) is 3.50. The zero-order valence-corrected chi connectivity index (χ0v) is 19.9. The zero-order valence-electron chi connectivity index (χ0n) is 19.1. The third kappa shape index (κ3) is 9.06. The van der Waals surface area contributed by atoms with Crippen molar-refractivity contribution in [3.63, 3.8) is 0 Å². The molecule has 0 aliphatic heterocycles. The van der Waals surface area contributed by atoms with Crippen LogP contribution in [0.25, 0.3) is 0 Å². The number of hydroxylamine groups is 1. The summed E-state index contributed by atoms with van der Waals surface area (Å²) in [4.78, 5) is 24.9. The summed E-state index contributed by atoms with van der Waals surface area (Å²) in [5.41, 5.74) is 2.81. The molecule has 2 atom stereocenters. The Morgan fingerprint density at radius 3 is 2.41 bits per heavy atom. The molecule has 0 fully saturated rings. The van der Waals surface area contributed by atoms with E-state index in [1.54, 1.807) is 54.2 Å². The Balaban J connectivity index is 2.16. The Kier molecular flexibility index (Phi) is 12.0. The van der Waals surface area contributed by atoms with Crippen molar-refractivity contribution < 1.29 is 34.1 Å². The molecule has 2 rings (SSSR count). The number of rotatable bonds is 13. The van der Waals surface area contributed by atoms with Gasteiger partial charge in [-0.3, -0.25) is 15.3 Å². The second-order valence-corrected chi connectivity index (χ2v) is 7.93. The van der Waals surface area contributed by atoms with Gasteiger partial charge in [0.05, 0.1) is 12.7 Å². The van der Waals surface area contributed by atoms with Crippen molar-refractivity contribution in [3.8, 4) is 5.75 Å². The molecule has 0 saturated carbocycles. The van der Waals surface area contributed by atoms with Crippen molar-refractivity contribution in [2.75, 3.05) is 31.9 Å². The molecule has 0 unspecified atom stereocenters. The van der Waals surface area contributed by atoms with Gasteiger partial charge in [0.2, 0.25) is 0 Å². The van der Waals surface area contributed by atoms with E-state index in [1.807, 2.05) is 18.4 Å². The van der Waals surface area contributed by atoms with Crippen LogP contribution in [0.4, 0.5) is 10.5 Å². The Morgan fingerprint density at radius 1 is 1.12 bits per heavy atom. The Morgan fingerprint density at radius 2 is 1.82 bits per heavy atom. The standard InChI is InChI=1S/C24H30N2O7S/c1-31-21(5-3-4-6-22(28)26-30)23(17-7-11-19(12-8-17)32-16-15-27)33-24(29)25-18-9-13-20(34-2)14-10-18/h4,6-14,21,23,27,30H,3,5,15-16H2,1-2H3,(H,25,29)(H,26,28)/b6-4+/t21-,23-/m0/s1. The maximum absolute atomic E-state index is 12.7. The summed E-state index contributed by atoms with van der Waals surface area (Å²) in [7, 11) is 1.52. The highest BCUT2D eigenvalue weighted by Gasteiger charge is 2.27. The lowest BCUT2D eigenvalue weighted by molar-refractivity contribution is -0.124. The van der Waals surface area contributed by atoms with E-state index < -0.39 is 24.2 Å². The average Bonchev–Trinajstić information content (AvgIpc) is 2.87. The zero-order chi connectivity index (χ0) is 24.8. The SMILES string of the molecule is CO[C@@H](CC/C=C/C(=O)NO)[C@@H](OC(=O)Nc1ccc(SC)cc1)c1ccc(OCCO)cc1. The minimum Gasteiger partial charge on any atom is -0.491 e. The van der Waals surface area contributed by atoms with Crippen LogP contribution in [0.3, 0.4) is 0 Å². The molecular formula is C24H30N2O7S. The molecule has 2 amide bonds. The molecular weight excluding hydrogens is 460 g/mol. The number of carbonyl (C=O) groups is 2. The predicted octanol–water partition coefficient (Wildman–Crippen LogP) is 3.93. The predicted molar refractivity (Wildman–Crippen MR) is 129 cm³/mol. The summed E-state index contributed by atoms with van der Waals surface area (Å²) < 4.78 is 16.8. The van der Waals surface area contributed by atoms with E-state index in [2.05, 4.69) is 5.32 Å². The maximum Gasteiger partial charge on any atom is 0.412 e. The first-order valence-corrected chi connectivity index (χ1v) is 11.8. The van der Waals surface area contributed by atoms with Gasteiger partial charge in [0.25, 0.3) is 5.91 Å².